The van der Waals surface area contributed by atoms with Crippen LogP contribution in [0.3, 0.4) is 0 Å². The third-order valence-electron chi connectivity index (χ3n) is 4.40. The lowest BCUT2D eigenvalue weighted by molar-refractivity contribution is -0.121. The van der Waals surface area contributed by atoms with E-state index >= 15 is 0 Å². The summed E-state index contributed by atoms with van der Waals surface area (Å²) >= 11 is 1.53. The number of nitrogens with zero attached hydrogens (tertiary/aromatic N) is 1. The summed E-state index contributed by atoms with van der Waals surface area (Å²) in [6.07, 6.45) is 0.874. The van der Waals surface area contributed by atoms with Gasteiger partial charge in [0.2, 0.25) is 11.8 Å². The van der Waals surface area contributed by atoms with Crippen LogP contribution < -0.4 is 10.2 Å². The van der Waals surface area contributed by atoms with E-state index in [9.17, 15) is 9.59 Å². The minimum absolute atomic E-state index is 0.00188. The normalized spacial score (nSPS) is 13.0. The SMILES string of the molecule is CC(C)C(=O)N1CCc2cc(CNC(=O)CSc3ccccc3)ccc21. The Morgan fingerprint density at radius 3 is 2.65 bits per heavy atom. The number of nitrogens with one attached hydrogen (secondary N) is 1. The fourth-order valence-corrected chi connectivity index (χ4v) is 3.77. The molecule has 0 bridgehead atoms. The Labute approximate surface area is 159 Å². The number of amides is 2. The summed E-state index contributed by atoms with van der Waals surface area (Å²) in [7, 11) is 0. The van der Waals surface area contributed by atoms with Gasteiger partial charge in [-0.1, -0.05) is 44.2 Å². The first-order valence-corrected chi connectivity index (χ1v) is 9.91. The van der Waals surface area contributed by atoms with E-state index in [-0.39, 0.29) is 17.7 Å². The zero-order valence-corrected chi connectivity index (χ0v) is 16.0. The lowest BCUT2D eigenvalue weighted by Gasteiger charge is -2.19. The highest BCUT2D eigenvalue weighted by Gasteiger charge is 2.26. The Morgan fingerprint density at radius 1 is 1.15 bits per heavy atom. The topological polar surface area (TPSA) is 49.4 Å². The first-order chi connectivity index (χ1) is 12.5. The van der Waals surface area contributed by atoms with Crippen LogP contribution >= 0.6 is 11.8 Å². The molecule has 4 nitrogen and oxygen atoms in total. The molecular weight excluding hydrogens is 344 g/mol. The van der Waals surface area contributed by atoms with Gasteiger partial charge in [0.15, 0.2) is 0 Å². The smallest absolute Gasteiger partial charge is 0.230 e. The Morgan fingerprint density at radius 2 is 1.92 bits per heavy atom. The second kappa shape index (κ2) is 8.41. The molecule has 1 aliphatic rings. The maximum absolute atomic E-state index is 12.3. The molecular formula is C21H24N2O2S. The van der Waals surface area contributed by atoms with Crippen LogP contribution in [0.15, 0.2) is 53.4 Å². The van der Waals surface area contributed by atoms with Crippen molar-refractivity contribution in [2.24, 2.45) is 5.92 Å². The number of fused-ring (bicyclic) bond motifs is 1. The Balaban J connectivity index is 1.53. The Kier molecular flexibility index (Phi) is 5.99. The van der Waals surface area contributed by atoms with Crippen LogP contribution in [-0.4, -0.2) is 24.1 Å². The predicted octanol–water partition coefficient (Wildman–Crippen LogP) is 3.64. The molecule has 2 amide bonds. The van der Waals surface area contributed by atoms with Crippen LogP contribution in [-0.2, 0) is 22.6 Å². The maximum atomic E-state index is 12.3. The van der Waals surface area contributed by atoms with Gasteiger partial charge >= 0.3 is 0 Å². The molecule has 0 saturated carbocycles. The number of hydrogen-bond donors (Lipinski definition) is 1. The second-order valence-corrected chi connectivity index (χ2v) is 7.78. The summed E-state index contributed by atoms with van der Waals surface area (Å²) in [5.41, 5.74) is 3.27. The lowest BCUT2D eigenvalue weighted by Crippen LogP contribution is -2.32. The summed E-state index contributed by atoms with van der Waals surface area (Å²) in [5.74, 6) is 0.603. The van der Waals surface area contributed by atoms with E-state index in [1.54, 1.807) is 0 Å². The van der Waals surface area contributed by atoms with E-state index < -0.39 is 0 Å². The molecule has 3 rings (SSSR count). The van der Waals surface area contributed by atoms with Crippen LogP contribution in [0.1, 0.15) is 25.0 Å². The molecule has 2 aromatic rings. The van der Waals surface area contributed by atoms with E-state index in [1.807, 2.05) is 61.2 Å². The van der Waals surface area contributed by atoms with Crippen molar-refractivity contribution in [1.29, 1.82) is 0 Å². The molecule has 1 N–H and O–H groups in total. The maximum Gasteiger partial charge on any atom is 0.230 e. The van der Waals surface area contributed by atoms with Crippen molar-refractivity contribution in [2.45, 2.75) is 31.7 Å². The molecule has 1 aliphatic heterocycles. The molecule has 0 aromatic heterocycles. The largest absolute Gasteiger partial charge is 0.351 e. The minimum Gasteiger partial charge on any atom is -0.351 e. The van der Waals surface area contributed by atoms with Crippen LogP contribution in [0.25, 0.3) is 0 Å². The van der Waals surface area contributed by atoms with Gasteiger partial charge < -0.3 is 10.2 Å². The highest BCUT2D eigenvalue weighted by molar-refractivity contribution is 8.00. The van der Waals surface area contributed by atoms with Crippen molar-refractivity contribution in [3.63, 3.8) is 0 Å². The molecule has 5 heteroatoms. The summed E-state index contributed by atoms with van der Waals surface area (Å²) in [4.78, 5) is 27.3. The number of carbonyl (C=O) groups is 2. The number of thioether (sulfide) groups is 1. The summed E-state index contributed by atoms with van der Waals surface area (Å²) in [6.45, 7) is 5.12. The van der Waals surface area contributed by atoms with Crippen molar-refractivity contribution in [1.82, 2.24) is 5.32 Å². The van der Waals surface area contributed by atoms with E-state index in [0.717, 1.165) is 29.1 Å². The molecule has 0 spiro atoms. The highest BCUT2D eigenvalue weighted by Crippen LogP contribution is 2.30. The molecule has 26 heavy (non-hydrogen) atoms. The zero-order chi connectivity index (χ0) is 18.5. The fourth-order valence-electron chi connectivity index (χ4n) is 3.02. The van der Waals surface area contributed by atoms with Gasteiger partial charge in [0.05, 0.1) is 5.75 Å². The van der Waals surface area contributed by atoms with Crippen molar-refractivity contribution in [3.8, 4) is 0 Å². The number of rotatable bonds is 6. The third-order valence-corrected chi connectivity index (χ3v) is 5.41. The molecule has 0 radical (unpaired) electrons. The Hall–Kier alpha value is -2.27. The molecule has 1 heterocycles. The number of benzene rings is 2. The first kappa shape index (κ1) is 18.5. The third kappa shape index (κ3) is 4.47. The average Bonchev–Trinajstić information content (AvgIpc) is 3.08. The number of hydrogen-bond acceptors (Lipinski definition) is 3. The minimum atomic E-state index is 0.00188. The van der Waals surface area contributed by atoms with Gasteiger partial charge in [0, 0.05) is 29.6 Å². The first-order valence-electron chi connectivity index (χ1n) is 8.92. The quantitative estimate of drug-likeness (QED) is 0.792. The van der Waals surface area contributed by atoms with Crippen molar-refractivity contribution < 1.29 is 9.59 Å². The van der Waals surface area contributed by atoms with Gasteiger partial charge in [0.25, 0.3) is 0 Å². The van der Waals surface area contributed by atoms with Crippen molar-refractivity contribution in [2.75, 3.05) is 17.2 Å². The van der Waals surface area contributed by atoms with Crippen molar-refractivity contribution in [3.05, 3.63) is 59.7 Å². The van der Waals surface area contributed by atoms with Crippen molar-refractivity contribution >= 4 is 29.3 Å². The second-order valence-electron chi connectivity index (χ2n) is 6.74. The van der Waals surface area contributed by atoms with E-state index in [4.69, 9.17) is 0 Å². The molecule has 2 aromatic carbocycles. The van der Waals surface area contributed by atoms with Crippen LogP contribution in [0.4, 0.5) is 5.69 Å². The monoisotopic (exact) mass is 368 g/mol. The molecule has 136 valence electrons. The Bertz CT molecular complexity index is 790. The standard InChI is InChI=1S/C21H24N2O2S/c1-15(2)21(25)23-11-10-17-12-16(8-9-19(17)23)13-22-20(24)14-26-18-6-4-3-5-7-18/h3-9,12,15H,10-11,13-14H2,1-2H3,(H,22,24). The van der Waals surface area contributed by atoms with Gasteiger partial charge in [0.1, 0.15) is 0 Å². The van der Waals surface area contributed by atoms with Gasteiger partial charge in [-0.3, -0.25) is 9.59 Å². The van der Waals surface area contributed by atoms with Crippen LogP contribution in [0.2, 0.25) is 0 Å². The average molecular weight is 369 g/mol. The van der Waals surface area contributed by atoms with Crippen LogP contribution in [0.5, 0.6) is 0 Å². The van der Waals surface area contributed by atoms with Crippen LogP contribution in [0, 0.1) is 5.92 Å². The molecule has 0 atom stereocenters. The summed E-state index contributed by atoms with van der Waals surface area (Å²) < 4.78 is 0. The molecule has 0 fully saturated rings. The molecule has 0 aliphatic carbocycles. The van der Waals surface area contributed by atoms with E-state index in [2.05, 4.69) is 11.4 Å². The van der Waals surface area contributed by atoms with E-state index in [1.165, 1.54) is 17.3 Å². The van der Waals surface area contributed by atoms with Gasteiger partial charge in [-0.05, 0) is 35.7 Å². The van der Waals surface area contributed by atoms with Gasteiger partial charge in [-0.2, -0.15) is 0 Å². The number of anilines is 1. The zero-order valence-electron chi connectivity index (χ0n) is 15.2. The molecule has 0 saturated heterocycles. The highest BCUT2D eigenvalue weighted by atomic mass is 32.2. The number of carbonyl (C=O) groups excluding carboxylic acids is 2. The lowest BCUT2D eigenvalue weighted by atomic mass is 10.1. The van der Waals surface area contributed by atoms with Gasteiger partial charge in [-0.15, -0.1) is 11.8 Å². The molecule has 0 unspecified atom stereocenters. The van der Waals surface area contributed by atoms with E-state index in [0.29, 0.717) is 12.3 Å². The predicted molar refractivity (Wildman–Crippen MR) is 106 cm³/mol. The fraction of sp³-hybridized carbons (Fsp3) is 0.333. The summed E-state index contributed by atoms with van der Waals surface area (Å²) in [6, 6.07) is 16.0. The van der Waals surface area contributed by atoms with Gasteiger partial charge in [-0.25, -0.2) is 0 Å². The summed E-state index contributed by atoms with van der Waals surface area (Å²) in [5, 5.41) is 2.97.